The molecular weight excluding hydrogens is 362 g/mol. The van der Waals surface area contributed by atoms with Crippen LogP contribution < -0.4 is 5.32 Å². The molecule has 0 fully saturated rings. The van der Waals surface area contributed by atoms with Crippen LogP contribution in [0.1, 0.15) is 29.3 Å². The molecule has 2 rings (SSSR count). The number of nitrogens with one attached hydrogen (secondary N) is 1. The molecule has 1 aliphatic heterocycles. The average molecular weight is 387 g/mol. The van der Waals surface area contributed by atoms with E-state index in [0.717, 1.165) is 6.08 Å². The molecule has 7 nitrogen and oxygen atoms in total. The molecule has 0 saturated heterocycles. The van der Waals surface area contributed by atoms with Gasteiger partial charge in [0, 0.05) is 24.7 Å². The van der Waals surface area contributed by atoms with Crippen LogP contribution in [0, 0.1) is 5.92 Å². The van der Waals surface area contributed by atoms with Gasteiger partial charge in [0.2, 0.25) is 0 Å². The van der Waals surface area contributed by atoms with Gasteiger partial charge in [-0.25, -0.2) is 4.79 Å². The summed E-state index contributed by atoms with van der Waals surface area (Å²) in [5, 5.41) is 33.3. The number of aromatic hydroxyl groups is 1. The van der Waals surface area contributed by atoms with Crippen molar-refractivity contribution in [2.24, 2.45) is 5.92 Å². The summed E-state index contributed by atoms with van der Waals surface area (Å²) in [7, 11) is 1.67. The summed E-state index contributed by atoms with van der Waals surface area (Å²) in [6.45, 7) is 5.30. The summed E-state index contributed by atoms with van der Waals surface area (Å²) in [5.74, 6) is -2.13. The van der Waals surface area contributed by atoms with Crippen LogP contribution in [0.5, 0.6) is 5.75 Å². The number of carbonyl (C=O) groups is 2. The smallest absolute Gasteiger partial charge is 0.342 e. The van der Waals surface area contributed by atoms with Crippen LogP contribution in [0.3, 0.4) is 0 Å². The molecular formula is C21H25NO6. The van der Waals surface area contributed by atoms with Gasteiger partial charge in [0.25, 0.3) is 0 Å². The first-order chi connectivity index (χ1) is 13.3. The predicted octanol–water partition coefficient (Wildman–Crippen LogP) is 2.05. The molecule has 0 aliphatic carbocycles. The third-order valence-electron chi connectivity index (χ3n) is 4.56. The average Bonchev–Trinajstić information content (AvgIpc) is 2.66. The topological polar surface area (TPSA) is 116 Å². The Kier molecular flexibility index (Phi) is 7.14. The van der Waals surface area contributed by atoms with E-state index in [-0.39, 0.29) is 17.7 Å². The van der Waals surface area contributed by atoms with Crippen molar-refractivity contribution in [2.75, 3.05) is 12.4 Å². The number of cyclic esters (lactones) is 1. The molecule has 0 unspecified atom stereocenters. The Morgan fingerprint density at radius 2 is 1.96 bits per heavy atom. The number of phenolic OH excluding ortho intramolecular Hbond substituents is 1. The molecule has 1 aromatic rings. The summed E-state index contributed by atoms with van der Waals surface area (Å²) in [6, 6.07) is 3.05. The zero-order valence-electron chi connectivity index (χ0n) is 15.8. The number of aliphatic hydroxyl groups excluding tert-OH is 2. The Morgan fingerprint density at radius 3 is 2.61 bits per heavy atom. The van der Waals surface area contributed by atoms with Crippen molar-refractivity contribution in [3.8, 4) is 5.75 Å². The number of ether oxygens (including phenoxy) is 1. The fourth-order valence-electron chi connectivity index (χ4n) is 2.84. The van der Waals surface area contributed by atoms with E-state index in [1.807, 2.05) is 0 Å². The summed E-state index contributed by atoms with van der Waals surface area (Å²) < 4.78 is 5.46. The third kappa shape index (κ3) is 4.88. The molecule has 0 saturated carbocycles. The first kappa shape index (κ1) is 21.4. The fourth-order valence-corrected chi connectivity index (χ4v) is 2.84. The molecule has 7 heteroatoms. The molecule has 1 aliphatic rings. The van der Waals surface area contributed by atoms with E-state index in [0.29, 0.717) is 11.3 Å². The van der Waals surface area contributed by atoms with Crippen LogP contribution in [0.4, 0.5) is 5.69 Å². The number of rotatable bonds is 2. The molecule has 150 valence electrons. The van der Waals surface area contributed by atoms with Crippen molar-refractivity contribution < 1.29 is 29.6 Å². The summed E-state index contributed by atoms with van der Waals surface area (Å²) in [6.07, 6.45) is 3.53. The van der Waals surface area contributed by atoms with E-state index < -0.39 is 36.0 Å². The Morgan fingerprint density at radius 1 is 1.25 bits per heavy atom. The number of hydrogen-bond donors (Lipinski definition) is 4. The predicted molar refractivity (Wildman–Crippen MR) is 106 cm³/mol. The number of esters is 1. The molecule has 1 aromatic carbocycles. The van der Waals surface area contributed by atoms with E-state index >= 15 is 0 Å². The first-order valence-electron chi connectivity index (χ1n) is 8.91. The molecule has 4 N–H and O–H groups in total. The van der Waals surface area contributed by atoms with Gasteiger partial charge in [-0.2, -0.15) is 0 Å². The van der Waals surface area contributed by atoms with Gasteiger partial charge < -0.3 is 25.4 Å². The number of fused-ring (bicyclic) bond motifs is 1. The van der Waals surface area contributed by atoms with Crippen molar-refractivity contribution in [1.29, 1.82) is 0 Å². The maximum absolute atomic E-state index is 12.7. The van der Waals surface area contributed by atoms with E-state index in [1.165, 1.54) is 30.4 Å². The number of aliphatic hydroxyl groups is 2. The van der Waals surface area contributed by atoms with Crippen LogP contribution in [0.15, 0.2) is 43.0 Å². The van der Waals surface area contributed by atoms with E-state index in [4.69, 9.17) is 4.74 Å². The number of phenols is 1. The quantitative estimate of drug-likeness (QED) is 0.453. The van der Waals surface area contributed by atoms with Crippen LogP contribution in [0.2, 0.25) is 0 Å². The fraction of sp³-hybridized carbons (Fsp3) is 0.333. The standard InChI is InChI=1S/C21H25NO6/c1-4-13-8-9-17(24)20(26)16(23)7-5-6-14-10-15(22-3)11-18(25)19(14)21(27)28-12(13)2/h4-6,8-13,16,20,22-23,25-26H,1,7H2,2-3H3/b6-5+,9-8-/t12-,13+,16-,20-/m0/s1. The van der Waals surface area contributed by atoms with E-state index in [9.17, 15) is 24.9 Å². The monoisotopic (exact) mass is 387 g/mol. The largest absolute Gasteiger partial charge is 0.507 e. The minimum Gasteiger partial charge on any atom is -0.507 e. The SMILES string of the molecule is C=C[C@@H]1/C=C\C(=O)[C@@H](O)[C@@H](O)C/C=C/c2cc(NC)cc(O)c2C(=O)O[C@H]1C. The van der Waals surface area contributed by atoms with Gasteiger partial charge in [0.1, 0.15) is 23.5 Å². The minimum absolute atomic E-state index is 0.0166. The Hall–Kier alpha value is -2.90. The van der Waals surface area contributed by atoms with Gasteiger partial charge in [0.15, 0.2) is 5.78 Å². The lowest BCUT2D eigenvalue weighted by atomic mass is 9.98. The van der Waals surface area contributed by atoms with E-state index in [1.54, 1.807) is 20.0 Å². The highest BCUT2D eigenvalue weighted by Crippen LogP contribution is 2.29. The number of benzene rings is 1. The summed E-state index contributed by atoms with van der Waals surface area (Å²) >= 11 is 0. The molecule has 0 aromatic heterocycles. The molecule has 4 atom stereocenters. The van der Waals surface area contributed by atoms with E-state index in [2.05, 4.69) is 11.9 Å². The van der Waals surface area contributed by atoms with Gasteiger partial charge >= 0.3 is 5.97 Å². The van der Waals surface area contributed by atoms with Gasteiger partial charge in [-0.3, -0.25) is 4.79 Å². The third-order valence-corrected chi connectivity index (χ3v) is 4.56. The van der Waals surface area contributed by atoms with Crippen LogP contribution in [0.25, 0.3) is 6.08 Å². The second-order valence-corrected chi connectivity index (χ2v) is 6.54. The highest BCUT2D eigenvalue weighted by Gasteiger charge is 2.25. The van der Waals surface area contributed by atoms with Crippen molar-refractivity contribution in [1.82, 2.24) is 0 Å². The second-order valence-electron chi connectivity index (χ2n) is 6.54. The molecule has 1 heterocycles. The van der Waals surface area contributed by atoms with Crippen molar-refractivity contribution in [3.05, 3.63) is 54.1 Å². The number of carbonyl (C=O) groups excluding carboxylic acids is 2. The highest BCUT2D eigenvalue weighted by atomic mass is 16.5. The second kappa shape index (κ2) is 9.34. The van der Waals surface area contributed by atoms with Crippen molar-refractivity contribution >= 4 is 23.5 Å². The Bertz CT molecular complexity index is 813. The minimum atomic E-state index is -1.58. The van der Waals surface area contributed by atoms with Crippen LogP contribution >= 0.6 is 0 Å². The lowest BCUT2D eigenvalue weighted by molar-refractivity contribution is -0.127. The zero-order valence-corrected chi connectivity index (χ0v) is 15.8. The first-order valence-corrected chi connectivity index (χ1v) is 8.91. The van der Waals surface area contributed by atoms with Crippen molar-refractivity contribution in [3.63, 3.8) is 0 Å². The van der Waals surface area contributed by atoms with Crippen LogP contribution in [-0.2, 0) is 9.53 Å². The normalized spacial score (nSPS) is 28.4. The summed E-state index contributed by atoms with van der Waals surface area (Å²) in [4.78, 5) is 24.7. The summed E-state index contributed by atoms with van der Waals surface area (Å²) in [5.41, 5.74) is 0.930. The van der Waals surface area contributed by atoms with Crippen LogP contribution in [-0.4, -0.2) is 52.4 Å². The number of hydrogen-bond acceptors (Lipinski definition) is 7. The van der Waals surface area contributed by atoms with Gasteiger partial charge in [-0.1, -0.05) is 24.3 Å². The zero-order chi connectivity index (χ0) is 20.8. The Balaban J connectivity index is 2.53. The molecule has 0 spiro atoms. The lowest BCUT2D eigenvalue weighted by Gasteiger charge is -2.20. The van der Waals surface area contributed by atoms with Gasteiger partial charge in [-0.15, -0.1) is 6.58 Å². The Labute approximate surface area is 163 Å². The number of ketones is 1. The highest BCUT2D eigenvalue weighted by molar-refractivity contribution is 5.97. The maximum Gasteiger partial charge on any atom is 0.342 e. The molecule has 0 radical (unpaired) electrons. The molecule has 0 bridgehead atoms. The van der Waals surface area contributed by atoms with Crippen molar-refractivity contribution in [2.45, 2.75) is 31.7 Å². The lowest BCUT2D eigenvalue weighted by Crippen LogP contribution is -2.32. The molecule has 28 heavy (non-hydrogen) atoms. The van der Waals surface area contributed by atoms with Gasteiger partial charge in [-0.05, 0) is 31.1 Å². The maximum atomic E-state index is 12.7. The molecule has 0 amide bonds. The number of anilines is 1. The van der Waals surface area contributed by atoms with Gasteiger partial charge in [0.05, 0.1) is 6.10 Å².